The first-order chi connectivity index (χ1) is 13.7. The van der Waals surface area contributed by atoms with Gasteiger partial charge in [-0.2, -0.15) is 15.0 Å². The molecule has 2 N–H and O–H groups in total. The fourth-order valence-electron chi connectivity index (χ4n) is 2.77. The summed E-state index contributed by atoms with van der Waals surface area (Å²) in [7, 11) is 0. The first-order valence-corrected chi connectivity index (χ1v) is 9.17. The van der Waals surface area contributed by atoms with Crippen LogP contribution in [0.15, 0.2) is 48.5 Å². The summed E-state index contributed by atoms with van der Waals surface area (Å²) in [6.45, 7) is 2.57. The van der Waals surface area contributed by atoms with Crippen LogP contribution in [0, 0.1) is 5.82 Å². The lowest BCUT2D eigenvalue weighted by Gasteiger charge is -2.27. The Bertz CT molecular complexity index is 901. The van der Waals surface area contributed by atoms with Gasteiger partial charge in [0, 0.05) is 29.5 Å². The Morgan fingerprint density at radius 3 is 2.18 bits per heavy atom. The maximum absolute atomic E-state index is 13.5. The smallest absolute Gasteiger partial charge is 0.233 e. The number of nitrogens with one attached hydrogen (secondary N) is 2. The molecule has 1 saturated heterocycles. The van der Waals surface area contributed by atoms with E-state index in [0.29, 0.717) is 54.9 Å². The molecule has 0 atom stereocenters. The molecule has 9 heteroatoms. The van der Waals surface area contributed by atoms with Crippen molar-refractivity contribution >= 4 is 40.8 Å². The molecule has 1 aliphatic rings. The Labute approximate surface area is 166 Å². The fourth-order valence-corrected chi connectivity index (χ4v) is 2.96. The van der Waals surface area contributed by atoms with E-state index in [4.69, 9.17) is 16.3 Å². The van der Waals surface area contributed by atoms with Gasteiger partial charge in [-0.25, -0.2) is 4.39 Å². The Balaban J connectivity index is 1.65. The number of rotatable bonds is 5. The molecule has 7 nitrogen and oxygen atoms in total. The molecule has 0 bridgehead atoms. The number of nitrogens with zero attached hydrogens (tertiary/aromatic N) is 4. The number of ether oxygens (including phenoxy) is 1. The molecule has 144 valence electrons. The summed E-state index contributed by atoms with van der Waals surface area (Å²) in [6.07, 6.45) is 0. The third-order valence-corrected chi connectivity index (χ3v) is 4.31. The predicted molar refractivity (Wildman–Crippen MR) is 107 cm³/mol. The predicted octanol–water partition coefficient (Wildman–Crippen LogP) is 3.99. The lowest BCUT2D eigenvalue weighted by atomic mass is 10.3. The van der Waals surface area contributed by atoms with E-state index >= 15 is 0 Å². The van der Waals surface area contributed by atoms with Gasteiger partial charge in [-0.1, -0.05) is 23.7 Å². The number of halogens is 2. The van der Waals surface area contributed by atoms with Crippen LogP contribution >= 0.6 is 11.6 Å². The van der Waals surface area contributed by atoms with Crippen LogP contribution in [0.4, 0.5) is 33.6 Å². The number of benzene rings is 2. The van der Waals surface area contributed by atoms with E-state index in [0.717, 1.165) is 5.69 Å². The lowest BCUT2D eigenvalue weighted by Crippen LogP contribution is -2.37. The SMILES string of the molecule is Fc1cccc(Nc2nc(Nc3cccc(Cl)c3)nc(N3CCOCC3)n2)c1. The Morgan fingerprint density at radius 2 is 1.54 bits per heavy atom. The van der Waals surface area contributed by atoms with Crippen LogP contribution in [0.5, 0.6) is 0 Å². The third kappa shape index (κ3) is 4.65. The van der Waals surface area contributed by atoms with E-state index < -0.39 is 0 Å². The Morgan fingerprint density at radius 1 is 0.893 bits per heavy atom. The normalized spacial score (nSPS) is 14.0. The summed E-state index contributed by atoms with van der Waals surface area (Å²) in [4.78, 5) is 15.4. The summed E-state index contributed by atoms with van der Waals surface area (Å²) in [5.74, 6) is 0.843. The molecule has 0 radical (unpaired) electrons. The monoisotopic (exact) mass is 400 g/mol. The van der Waals surface area contributed by atoms with Crippen molar-refractivity contribution < 1.29 is 9.13 Å². The van der Waals surface area contributed by atoms with Crippen molar-refractivity contribution in [3.8, 4) is 0 Å². The zero-order chi connectivity index (χ0) is 19.3. The number of aromatic nitrogens is 3. The van der Waals surface area contributed by atoms with E-state index in [9.17, 15) is 4.39 Å². The molecule has 1 aliphatic heterocycles. The van der Waals surface area contributed by atoms with Gasteiger partial charge in [0.25, 0.3) is 0 Å². The minimum Gasteiger partial charge on any atom is -0.378 e. The molecule has 2 heterocycles. The van der Waals surface area contributed by atoms with Gasteiger partial charge in [0.1, 0.15) is 5.82 Å². The average Bonchev–Trinajstić information content (AvgIpc) is 2.68. The van der Waals surface area contributed by atoms with Crippen molar-refractivity contribution in [2.45, 2.75) is 0 Å². The number of hydrogen-bond acceptors (Lipinski definition) is 7. The molecule has 1 fully saturated rings. The van der Waals surface area contributed by atoms with Crippen LogP contribution in [0.2, 0.25) is 5.02 Å². The summed E-state index contributed by atoms with van der Waals surface area (Å²) in [5.41, 5.74) is 1.30. The molecule has 0 saturated carbocycles. The quantitative estimate of drug-likeness (QED) is 0.670. The standard InChI is InChI=1S/C19H18ClFN6O/c20-13-3-1-5-15(11-13)22-17-24-18(23-16-6-2-4-14(21)12-16)26-19(25-17)27-7-9-28-10-8-27/h1-6,11-12H,7-10H2,(H2,22,23,24,25,26). The lowest BCUT2D eigenvalue weighted by molar-refractivity contribution is 0.122. The van der Waals surface area contributed by atoms with E-state index in [1.54, 1.807) is 24.3 Å². The second-order valence-corrected chi connectivity index (χ2v) is 6.59. The molecule has 0 unspecified atom stereocenters. The van der Waals surface area contributed by atoms with Crippen LogP contribution in [-0.4, -0.2) is 41.3 Å². The van der Waals surface area contributed by atoms with Gasteiger partial charge in [-0.05, 0) is 36.4 Å². The van der Waals surface area contributed by atoms with Crippen molar-refractivity contribution in [2.75, 3.05) is 41.8 Å². The Hall–Kier alpha value is -2.97. The van der Waals surface area contributed by atoms with E-state index in [1.165, 1.54) is 12.1 Å². The molecule has 0 amide bonds. The van der Waals surface area contributed by atoms with Crippen molar-refractivity contribution in [3.05, 3.63) is 59.4 Å². The van der Waals surface area contributed by atoms with Gasteiger partial charge in [0.2, 0.25) is 17.8 Å². The van der Waals surface area contributed by atoms with E-state index in [-0.39, 0.29) is 5.82 Å². The van der Waals surface area contributed by atoms with Crippen LogP contribution in [0.25, 0.3) is 0 Å². The molecule has 28 heavy (non-hydrogen) atoms. The summed E-state index contributed by atoms with van der Waals surface area (Å²) < 4.78 is 18.9. The highest BCUT2D eigenvalue weighted by Crippen LogP contribution is 2.22. The molecule has 1 aromatic heterocycles. The molecular weight excluding hydrogens is 383 g/mol. The zero-order valence-electron chi connectivity index (χ0n) is 14.9. The van der Waals surface area contributed by atoms with Gasteiger partial charge in [-0.15, -0.1) is 0 Å². The van der Waals surface area contributed by atoms with Crippen molar-refractivity contribution in [2.24, 2.45) is 0 Å². The fraction of sp³-hybridized carbons (Fsp3) is 0.211. The third-order valence-electron chi connectivity index (χ3n) is 4.08. The summed E-state index contributed by atoms with van der Waals surface area (Å²) in [5, 5.41) is 6.78. The van der Waals surface area contributed by atoms with Gasteiger partial charge < -0.3 is 20.3 Å². The highest BCUT2D eigenvalue weighted by Gasteiger charge is 2.17. The number of hydrogen-bond donors (Lipinski definition) is 2. The second-order valence-electron chi connectivity index (χ2n) is 6.15. The summed E-state index contributed by atoms with van der Waals surface area (Å²) in [6, 6.07) is 13.4. The largest absolute Gasteiger partial charge is 0.378 e. The van der Waals surface area contributed by atoms with E-state index in [1.807, 2.05) is 17.0 Å². The molecule has 2 aromatic carbocycles. The molecular formula is C19H18ClFN6O. The van der Waals surface area contributed by atoms with Crippen molar-refractivity contribution in [3.63, 3.8) is 0 Å². The first-order valence-electron chi connectivity index (χ1n) is 8.80. The minimum atomic E-state index is -0.343. The average molecular weight is 401 g/mol. The van der Waals surface area contributed by atoms with Crippen LogP contribution < -0.4 is 15.5 Å². The van der Waals surface area contributed by atoms with Crippen LogP contribution in [0.3, 0.4) is 0 Å². The van der Waals surface area contributed by atoms with Crippen LogP contribution in [0.1, 0.15) is 0 Å². The topological polar surface area (TPSA) is 75.2 Å². The van der Waals surface area contributed by atoms with Gasteiger partial charge in [-0.3, -0.25) is 0 Å². The van der Waals surface area contributed by atoms with Gasteiger partial charge >= 0.3 is 0 Å². The maximum Gasteiger partial charge on any atom is 0.233 e. The molecule has 3 aromatic rings. The zero-order valence-corrected chi connectivity index (χ0v) is 15.7. The molecule has 0 spiro atoms. The first kappa shape index (κ1) is 18.4. The number of morpholine rings is 1. The van der Waals surface area contributed by atoms with Gasteiger partial charge in [0.15, 0.2) is 0 Å². The highest BCUT2D eigenvalue weighted by molar-refractivity contribution is 6.30. The van der Waals surface area contributed by atoms with Crippen molar-refractivity contribution in [1.29, 1.82) is 0 Å². The second kappa shape index (κ2) is 8.37. The van der Waals surface area contributed by atoms with Gasteiger partial charge in [0.05, 0.1) is 13.2 Å². The minimum absolute atomic E-state index is 0.312. The van der Waals surface area contributed by atoms with E-state index in [2.05, 4.69) is 25.6 Å². The maximum atomic E-state index is 13.5. The molecule has 0 aliphatic carbocycles. The summed E-state index contributed by atoms with van der Waals surface area (Å²) >= 11 is 6.05. The number of anilines is 5. The Kier molecular flexibility index (Phi) is 5.50. The van der Waals surface area contributed by atoms with Crippen LogP contribution in [-0.2, 0) is 4.74 Å². The van der Waals surface area contributed by atoms with Crippen molar-refractivity contribution in [1.82, 2.24) is 15.0 Å². The molecule has 4 rings (SSSR count). The highest BCUT2D eigenvalue weighted by atomic mass is 35.5.